The molecular weight excluding hydrogens is 372 g/mol. The quantitative estimate of drug-likeness (QED) is 0.490. The van der Waals surface area contributed by atoms with E-state index in [1.54, 1.807) is 18.7 Å². The summed E-state index contributed by atoms with van der Waals surface area (Å²) in [5.74, 6) is -0.277. The summed E-state index contributed by atoms with van der Waals surface area (Å²) in [5, 5.41) is 2.81. The van der Waals surface area contributed by atoms with E-state index in [0.29, 0.717) is 13.0 Å². The molecule has 0 aliphatic heterocycles. The van der Waals surface area contributed by atoms with Gasteiger partial charge in [-0.15, -0.1) is 0 Å². The summed E-state index contributed by atoms with van der Waals surface area (Å²) in [5.41, 5.74) is 7.35. The van der Waals surface area contributed by atoms with Gasteiger partial charge in [0, 0.05) is 16.2 Å². The van der Waals surface area contributed by atoms with Crippen LogP contribution in [0, 0.1) is 6.92 Å². The molecule has 0 aliphatic rings. The van der Waals surface area contributed by atoms with Crippen LogP contribution in [0.25, 0.3) is 0 Å². The lowest BCUT2D eigenvalue weighted by Crippen LogP contribution is -2.22. The fourth-order valence-electron chi connectivity index (χ4n) is 2.03. The van der Waals surface area contributed by atoms with E-state index >= 15 is 0 Å². The van der Waals surface area contributed by atoms with Crippen LogP contribution in [-0.4, -0.2) is 25.0 Å². The first kappa shape index (κ1) is 23.7. The summed E-state index contributed by atoms with van der Waals surface area (Å²) in [6, 6.07) is 16.0. The fraction of sp³-hybridized carbons (Fsp3) is 0.364. The number of rotatable bonds is 8. The molecule has 0 bridgehead atoms. The van der Waals surface area contributed by atoms with E-state index in [2.05, 4.69) is 43.4 Å². The van der Waals surface area contributed by atoms with Crippen LogP contribution in [0.2, 0.25) is 0 Å². The molecule has 1 amide bonds. The molecule has 3 N–H and O–H groups in total. The fourth-order valence-corrected chi connectivity index (χ4v) is 2.93. The number of aryl methyl sites for hydroxylation is 1. The predicted octanol–water partition coefficient (Wildman–Crippen LogP) is 4.78. The largest absolute Gasteiger partial charge is 0.466 e. The molecule has 152 valence electrons. The van der Waals surface area contributed by atoms with E-state index in [-0.39, 0.29) is 18.4 Å². The van der Waals surface area contributed by atoms with Crippen LogP contribution in [0.5, 0.6) is 0 Å². The van der Waals surface area contributed by atoms with Gasteiger partial charge in [-0.3, -0.25) is 9.59 Å². The molecule has 0 aliphatic carbocycles. The summed E-state index contributed by atoms with van der Waals surface area (Å²) in [4.78, 5) is 24.0. The number of nitrogens with two attached hydrogens (primary N) is 1. The predicted molar refractivity (Wildman–Crippen MR) is 116 cm³/mol. The van der Waals surface area contributed by atoms with E-state index in [0.717, 1.165) is 28.3 Å². The molecule has 5 nitrogen and oxygen atoms in total. The number of hydrogen-bond donors (Lipinski definition) is 2. The Bertz CT molecular complexity index is 733. The van der Waals surface area contributed by atoms with E-state index in [1.165, 1.54) is 5.56 Å². The molecule has 0 saturated heterocycles. The molecule has 2 rings (SSSR count). The highest BCUT2D eigenvalue weighted by Gasteiger charge is 2.06. The van der Waals surface area contributed by atoms with Crippen LogP contribution >= 0.6 is 11.8 Å². The van der Waals surface area contributed by atoms with Gasteiger partial charge in [0.25, 0.3) is 0 Å². The number of para-hydroxylation sites is 1. The Kier molecular flexibility index (Phi) is 11.7. The van der Waals surface area contributed by atoms with Gasteiger partial charge in [0.15, 0.2) is 0 Å². The molecule has 0 unspecified atom stereocenters. The van der Waals surface area contributed by atoms with E-state index in [9.17, 15) is 9.59 Å². The molecule has 28 heavy (non-hydrogen) atoms. The van der Waals surface area contributed by atoms with Crippen molar-refractivity contribution in [3.63, 3.8) is 0 Å². The zero-order chi connectivity index (χ0) is 20.8. The first-order valence-corrected chi connectivity index (χ1v) is 10.3. The Morgan fingerprint density at radius 3 is 2.36 bits per heavy atom. The van der Waals surface area contributed by atoms with Crippen LogP contribution in [0.4, 0.5) is 5.69 Å². The highest BCUT2D eigenvalue weighted by Crippen LogP contribution is 2.33. The molecule has 0 aromatic heterocycles. The number of unbranched alkanes of at least 4 members (excludes halogenated alkanes) is 1. The minimum Gasteiger partial charge on any atom is -0.466 e. The average Bonchev–Trinajstić information content (AvgIpc) is 2.71. The van der Waals surface area contributed by atoms with Gasteiger partial charge in [-0.1, -0.05) is 61.9 Å². The summed E-state index contributed by atoms with van der Waals surface area (Å²) in [7, 11) is 0. The molecule has 6 heteroatoms. The Morgan fingerprint density at radius 1 is 1.07 bits per heavy atom. The van der Waals surface area contributed by atoms with Crippen molar-refractivity contribution in [3.05, 3.63) is 54.1 Å². The van der Waals surface area contributed by atoms with Gasteiger partial charge >= 0.3 is 5.97 Å². The zero-order valence-corrected chi connectivity index (χ0v) is 17.7. The van der Waals surface area contributed by atoms with Crippen LogP contribution in [0.3, 0.4) is 0 Å². The van der Waals surface area contributed by atoms with E-state index in [4.69, 9.17) is 10.5 Å². The SMILES string of the molecule is CCCCOC(=O)CC.Cc1ccc(Sc2ccccc2NC(=O)CN)cc1. The van der Waals surface area contributed by atoms with Crippen molar-refractivity contribution in [2.24, 2.45) is 5.73 Å². The maximum Gasteiger partial charge on any atom is 0.305 e. The second-order valence-electron chi connectivity index (χ2n) is 6.09. The monoisotopic (exact) mass is 402 g/mol. The van der Waals surface area contributed by atoms with Crippen LogP contribution in [0.1, 0.15) is 38.7 Å². The molecule has 0 heterocycles. The van der Waals surface area contributed by atoms with E-state index < -0.39 is 0 Å². The number of nitrogens with one attached hydrogen (secondary N) is 1. The van der Waals surface area contributed by atoms with Crippen molar-refractivity contribution < 1.29 is 14.3 Å². The second kappa shape index (κ2) is 13.8. The van der Waals surface area contributed by atoms with Gasteiger partial charge in [-0.2, -0.15) is 0 Å². The van der Waals surface area contributed by atoms with Crippen molar-refractivity contribution in [1.82, 2.24) is 0 Å². The normalized spacial score (nSPS) is 9.86. The van der Waals surface area contributed by atoms with Gasteiger partial charge in [-0.05, 0) is 37.6 Å². The topological polar surface area (TPSA) is 81.4 Å². The number of amides is 1. The number of carbonyl (C=O) groups is 2. The summed E-state index contributed by atoms with van der Waals surface area (Å²) in [6.45, 7) is 6.50. The summed E-state index contributed by atoms with van der Waals surface area (Å²) in [6.07, 6.45) is 2.55. The van der Waals surface area contributed by atoms with Gasteiger partial charge in [0.05, 0.1) is 18.8 Å². The molecule has 0 radical (unpaired) electrons. The van der Waals surface area contributed by atoms with Gasteiger partial charge in [0.1, 0.15) is 0 Å². The Hall–Kier alpha value is -2.31. The van der Waals surface area contributed by atoms with Crippen LogP contribution in [-0.2, 0) is 14.3 Å². The number of anilines is 1. The highest BCUT2D eigenvalue weighted by molar-refractivity contribution is 7.99. The van der Waals surface area contributed by atoms with Crippen molar-refractivity contribution in [2.75, 3.05) is 18.5 Å². The molecule has 2 aromatic carbocycles. The second-order valence-corrected chi connectivity index (χ2v) is 7.21. The lowest BCUT2D eigenvalue weighted by Gasteiger charge is -2.10. The van der Waals surface area contributed by atoms with Gasteiger partial charge in [-0.25, -0.2) is 0 Å². The van der Waals surface area contributed by atoms with Crippen LogP contribution < -0.4 is 11.1 Å². The molecular formula is C22H30N2O3S. The lowest BCUT2D eigenvalue weighted by molar-refractivity contribution is -0.143. The lowest BCUT2D eigenvalue weighted by atomic mass is 10.2. The molecule has 0 spiro atoms. The minimum atomic E-state index is -0.183. The summed E-state index contributed by atoms with van der Waals surface area (Å²) >= 11 is 1.62. The maximum atomic E-state index is 11.4. The Balaban J connectivity index is 0.000000370. The number of ether oxygens (including phenoxy) is 1. The smallest absolute Gasteiger partial charge is 0.305 e. The minimum absolute atomic E-state index is 0.0104. The first-order chi connectivity index (χ1) is 13.5. The highest BCUT2D eigenvalue weighted by atomic mass is 32.2. The number of benzene rings is 2. The molecule has 0 saturated carbocycles. The standard InChI is InChI=1S/C15H16N2OS.C7H14O2/c1-11-6-8-12(9-7-11)19-14-5-3-2-4-13(14)17-15(18)10-16;1-3-5-6-9-7(8)4-2/h2-9H,10,16H2,1H3,(H,17,18);3-6H2,1-2H3. The van der Waals surface area contributed by atoms with Crippen molar-refractivity contribution in [3.8, 4) is 0 Å². The number of hydrogen-bond acceptors (Lipinski definition) is 5. The van der Waals surface area contributed by atoms with Crippen LogP contribution in [0.15, 0.2) is 58.3 Å². The third kappa shape index (κ3) is 9.58. The first-order valence-electron chi connectivity index (χ1n) is 9.49. The van der Waals surface area contributed by atoms with Crippen molar-refractivity contribution in [1.29, 1.82) is 0 Å². The summed E-state index contributed by atoms with van der Waals surface area (Å²) < 4.78 is 4.79. The van der Waals surface area contributed by atoms with Gasteiger partial charge in [0.2, 0.25) is 5.91 Å². The number of esters is 1. The zero-order valence-electron chi connectivity index (χ0n) is 16.9. The third-order valence-corrected chi connectivity index (χ3v) is 4.73. The maximum absolute atomic E-state index is 11.4. The van der Waals surface area contributed by atoms with E-state index in [1.807, 2.05) is 24.3 Å². The molecule has 0 fully saturated rings. The Labute approximate surface area is 172 Å². The Morgan fingerprint density at radius 2 is 1.75 bits per heavy atom. The molecule has 2 aromatic rings. The van der Waals surface area contributed by atoms with Crippen molar-refractivity contribution >= 4 is 29.3 Å². The van der Waals surface area contributed by atoms with Crippen molar-refractivity contribution in [2.45, 2.75) is 49.8 Å². The van der Waals surface area contributed by atoms with Gasteiger partial charge < -0.3 is 15.8 Å². The third-order valence-electron chi connectivity index (χ3n) is 3.64. The average molecular weight is 403 g/mol. The molecule has 0 atom stereocenters. The number of carbonyl (C=O) groups excluding carboxylic acids is 2.